The van der Waals surface area contributed by atoms with Gasteiger partial charge in [0.25, 0.3) is 0 Å². The lowest BCUT2D eigenvalue weighted by Crippen LogP contribution is -2.21. The number of hydrogen-bond donors (Lipinski definition) is 1. The van der Waals surface area contributed by atoms with Crippen LogP contribution >= 0.6 is 11.3 Å². The number of rotatable bonds is 4. The Morgan fingerprint density at radius 1 is 1.38 bits per heavy atom. The Labute approximate surface area is 99.5 Å². The van der Waals surface area contributed by atoms with Crippen LogP contribution in [0, 0.1) is 6.92 Å². The summed E-state index contributed by atoms with van der Waals surface area (Å²) in [6.45, 7) is 6.30. The van der Waals surface area contributed by atoms with Gasteiger partial charge in [-0.3, -0.25) is 0 Å². The van der Waals surface area contributed by atoms with E-state index in [1.54, 1.807) is 17.6 Å². The first kappa shape index (κ1) is 11.4. The van der Waals surface area contributed by atoms with Gasteiger partial charge in [0.05, 0.1) is 23.5 Å². The van der Waals surface area contributed by atoms with Crippen molar-refractivity contribution in [1.29, 1.82) is 0 Å². The third-order valence-electron chi connectivity index (χ3n) is 2.65. The van der Waals surface area contributed by atoms with E-state index >= 15 is 0 Å². The summed E-state index contributed by atoms with van der Waals surface area (Å²) >= 11 is 1.69. The zero-order valence-corrected chi connectivity index (χ0v) is 10.5. The fourth-order valence-corrected chi connectivity index (χ4v) is 2.62. The molecule has 3 nitrogen and oxygen atoms in total. The maximum atomic E-state index is 5.37. The molecule has 0 aliphatic heterocycles. The van der Waals surface area contributed by atoms with E-state index in [9.17, 15) is 0 Å². The van der Waals surface area contributed by atoms with E-state index in [1.807, 2.05) is 24.6 Å². The molecule has 4 heteroatoms. The highest BCUT2D eigenvalue weighted by Crippen LogP contribution is 2.24. The molecule has 0 aliphatic carbocycles. The number of hydrogen-bond acceptors (Lipinski definition) is 4. The van der Waals surface area contributed by atoms with Crippen molar-refractivity contribution in [2.45, 2.75) is 32.9 Å². The molecule has 2 atom stereocenters. The Hall–Kier alpha value is -1.13. The Bertz CT molecular complexity index is 436. The first-order valence-corrected chi connectivity index (χ1v) is 6.26. The largest absolute Gasteiger partial charge is 0.468 e. The van der Waals surface area contributed by atoms with Crippen LogP contribution in [0.15, 0.2) is 28.3 Å². The van der Waals surface area contributed by atoms with Gasteiger partial charge in [0.1, 0.15) is 5.76 Å². The van der Waals surface area contributed by atoms with Gasteiger partial charge in [0.15, 0.2) is 0 Å². The molecule has 0 radical (unpaired) electrons. The molecule has 0 saturated carbocycles. The second kappa shape index (κ2) is 4.80. The Balaban J connectivity index is 2.03. The van der Waals surface area contributed by atoms with E-state index in [-0.39, 0.29) is 6.04 Å². The average Bonchev–Trinajstić information content (AvgIpc) is 2.86. The third-order valence-corrected chi connectivity index (χ3v) is 3.76. The summed E-state index contributed by atoms with van der Waals surface area (Å²) in [4.78, 5) is 5.55. The van der Waals surface area contributed by atoms with Gasteiger partial charge in [-0.15, -0.1) is 11.3 Å². The zero-order valence-electron chi connectivity index (χ0n) is 9.73. The zero-order chi connectivity index (χ0) is 11.5. The molecule has 0 saturated heterocycles. The topological polar surface area (TPSA) is 38.1 Å². The lowest BCUT2D eigenvalue weighted by molar-refractivity contribution is 0.404. The van der Waals surface area contributed by atoms with Crippen LogP contribution in [0.3, 0.4) is 0 Å². The molecule has 2 rings (SSSR count). The minimum atomic E-state index is 0.214. The highest BCUT2D eigenvalue weighted by Gasteiger charge is 2.15. The van der Waals surface area contributed by atoms with E-state index in [0.29, 0.717) is 6.04 Å². The number of thiazole rings is 1. The summed E-state index contributed by atoms with van der Waals surface area (Å²) in [6, 6.07) is 4.42. The number of aromatic nitrogens is 1. The lowest BCUT2D eigenvalue weighted by Gasteiger charge is -2.17. The summed E-state index contributed by atoms with van der Waals surface area (Å²) in [5.74, 6) is 0.967. The van der Waals surface area contributed by atoms with Crippen molar-refractivity contribution in [2.75, 3.05) is 0 Å². The van der Waals surface area contributed by atoms with Crippen molar-refractivity contribution in [2.24, 2.45) is 0 Å². The highest BCUT2D eigenvalue weighted by atomic mass is 32.1. The first-order valence-electron chi connectivity index (χ1n) is 5.38. The van der Waals surface area contributed by atoms with Gasteiger partial charge in [-0.2, -0.15) is 0 Å². The highest BCUT2D eigenvalue weighted by molar-refractivity contribution is 7.09. The lowest BCUT2D eigenvalue weighted by atomic mass is 10.2. The van der Waals surface area contributed by atoms with Gasteiger partial charge < -0.3 is 9.73 Å². The fraction of sp³-hybridized carbons (Fsp3) is 0.417. The van der Waals surface area contributed by atoms with Gasteiger partial charge in [0, 0.05) is 10.9 Å². The quantitative estimate of drug-likeness (QED) is 0.883. The molecule has 0 aliphatic rings. The molecule has 2 aromatic rings. The molecule has 0 fully saturated rings. The van der Waals surface area contributed by atoms with Crippen molar-refractivity contribution in [3.05, 3.63) is 40.2 Å². The summed E-state index contributed by atoms with van der Waals surface area (Å²) < 4.78 is 5.37. The van der Waals surface area contributed by atoms with Crippen LogP contribution in [0.5, 0.6) is 0 Å². The first-order chi connectivity index (χ1) is 7.68. The van der Waals surface area contributed by atoms with Gasteiger partial charge in [-0.05, 0) is 32.9 Å². The van der Waals surface area contributed by atoms with Crippen molar-refractivity contribution < 1.29 is 4.42 Å². The minimum absolute atomic E-state index is 0.214. The molecule has 0 amide bonds. The van der Waals surface area contributed by atoms with Crippen LogP contribution in [0.25, 0.3) is 0 Å². The molecule has 2 heterocycles. The minimum Gasteiger partial charge on any atom is -0.468 e. The second-order valence-electron chi connectivity index (χ2n) is 3.93. The summed E-state index contributed by atoms with van der Waals surface area (Å²) in [6.07, 6.45) is 1.70. The maximum absolute atomic E-state index is 5.37. The molecule has 1 N–H and O–H groups in total. The van der Waals surface area contributed by atoms with Crippen LogP contribution < -0.4 is 5.32 Å². The number of furan rings is 1. The van der Waals surface area contributed by atoms with E-state index in [0.717, 1.165) is 11.5 Å². The predicted octanol–water partition coefficient (Wildman–Crippen LogP) is 3.46. The SMILES string of the molecule is Cc1ncsc1C(C)N[C@H](C)c1ccco1. The van der Waals surface area contributed by atoms with Crippen LogP contribution in [0.4, 0.5) is 0 Å². The van der Waals surface area contributed by atoms with Crippen molar-refractivity contribution in [3.8, 4) is 0 Å². The van der Waals surface area contributed by atoms with Gasteiger partial charge >= 0.3 is 0 Å². The van der Waals surface area contributed by atoms with Crippen molar-refractivity contribution in [3.63, 3.8) is 0 Å². The fourth-order valence-electron chi connectivity index (χ4n) is 1.80. The standard InChI is InChI=1S/C12H16N2OS/c1-8(11-5-4-6-15-11)14-10(3)12-9(2)13-7-16-12/h4-8,10,14H,1-3H3/t8-,10?/m1/s1. The van der Waals surface area contributed by atoms with E-state index in [4.69, 9.17) is 4.42 Å². The van der Waals surface area contributed by atoms with Crippen LogP contribution in [0.2, 0.25) is 0 Å². The monoisotopic (exact) mass is 236 g/mol. The number of nitrogens with one attached hydrogen (secondary N) is 1. The second-order valence-corrected chi connectivity index (χ2v) is 4.81. The van der Waals surface area contributed by atoms with E-state index in [2.05, 4.69) is 24.1 Å². The van der Waals surface area contributed by atoms with Crippen LogP contribution in [-0.4, -0.2) is 4.98 Å². The average molecular weight is 236 g/mol. The Morgan fingerprint density at radius 2 is 2.19 bits per heavy atom. The molecular formula is C12H16N2OS. The molecule has 16 heavy (non-hydrogen) atoms. The molecule has 0 bridgehead atoms. The van der Waals surface area contributed by atoms with Crippen molar-refractivity contribution >= 4 is 11.3 Å². The molecule has 2 aromatic heterocycles. The molecule has 1 unspecified atom stereocenters. The van der Waals surface area contributed by atoms with Gasteiger partial charge in [-0.25, -0.2) is 4.98 Å². The van der Waals surface area contributed by atoms with Crippen molar-refractivity contribution in [1.82, 2.24) is 10.3 Å². The molecule has 0 spiro atoms. The number of nitrogens with zero attached hydrogens (tertiary/aromatic N) is 1. The smallest absolute Gasteiger partial charge is 0.120 e. The molecular weight excluding hydrogens is 220 g/mol. The Morgan fingerprint density at radius 3 is 2.75 bits per heavy atom. The van der Waals surface area contributed by atoms with E-state index in [1.165, 1.54) is 4.88 Å². The predicted molar refractivity (Wildman–Crippen MR) is 65.5 cm³/mol. The van der Waals surface area contributed by atoms with Gasteiger partial charge in [-0.1, -0.05) is 0 Å². The van der Waals surface area contributed by atoms with E-state index < -0.39 is 0 Å². The van der Waals surface area contributed by atoms with Crippen LogP contribution in [-0.2, 0) is 0 Å². The normalized spacial score (nSPS) is 14.9. The summed E-state index contributed by atoms with van der Waals surface area (Å²) in [5.41, 5.74) is 3.00. The summed E-state index contributed by atoms with van der Waals surface area (Å²) in [5, 5.41) is 3.50. The molecule has 86 valence electrons. The van der Waals surface area contributed by atoms with Gasteiger partial charge in [0.2, 0.25) is 0 Å². The Kier molecular flexibility index (Phi) is 3.41. The number of aryl methyl sites for hydroxylation is 1. The molecule has 0 aromatic carbocycles. The maximum Gasteiger partial charge on any atom is 0.120 e. The third kappa shape index (κ3) is 2.33. The van der Waals surface area contributed by atoms with Crippen LogP contribution in [0.1, 0.15) is 42.3 Å². The summed E-state index contributed by atoms with van der Waals surface area (Å²) in [7, 11) is 0.